The molecular weight excluding hydrogens is 396 g/mol. The van der Waals surface area contributed by atoms with Crippen molar-refractivity contribution in [2.45, 2.75) is 18.1 Å². The van der Waals surface area contributed by atoms with Crippen LogP contribution in [0.3, 0.4) is 0 Å². The molecule has 0 saturated carbocycles. The van der Waals surface area contributed by atoms with Crippen LogP contribution in [0.2, 0.25) is 5.02 Å². The zero-order valence-electron chi connectivity index (χ0n) is 15.0. The number of hydrogen-bond donors (Lipinski definition) is 1. The topological polar surface area (TPSA) is 73.0 Å². The maximum atomic E-state index is 12.4. The highest BCUT2D eigenvalue weighted by Gasteiger charge is 2.16. The number of hydrogen-bond acceptors (Lipinski definition) is 5. The Morgan fingerprint density at radius 2 is 2.11 bits per heavy atom. The van der Waals surface area contributed by atoms with Gasteiger partial charge >= 0.3 is 0 Å². The third kappa shape index (κ3) is 4.05. The first kappa shape index (κ1) is 18.6. The Kier molecular flexibility index (Phi) is 5.36. The molecule has 1 N–H and O–H groups in total. The van der Waals surface area contributed by atoms with Gasteiger partial charge in [-0.2, -0.15) is 0 Å². The molecule has 0 fully saturated rings. The van der Waals surface area contributed by atoms with Gasteiger partial charge in [-0.05, 0) is 37.3 Å². The third-order valence-corrected chi connectivity index (χ3v) is 5.36. The van der Waals surface area contributed by atoms with Crippen molar-refractivity contribution in [1.82, 2.24) is 20.1 Å². The van der Waals surface area contributed by atoms with Gasteiger partial charge in [0.15, 0.2) is 5.16 Å². The second-order valence-electron chi connectivity index (χ2n) is 6.23. The first-order chi connectivity index (χ1) is 13.6. The van der Waals surface area contributed by atoms with E-state index in [0.29, 0.717) is 10.2 Å². The fraction of sp³-hybridized carbons (Fsp3) is 0.150. The van der Waals surface area contributed by atoms with Crippen molar-refractivity contribution in [2.24, 2.45) is 0 Å². The Bertz CT molecular complexity index is 1090. The second kappa shape index (κ2) is 8.08. The zero-order valence-corrected chi connectivity index (χ0v) is 16.6. The van der Waals surface area contributed by atoms with Crippen molar-refractivity contribution < 1.29 is 9.21 Å². The van der Waals surface area contributed by atoms with Crippen molar-refractivity contribution in [3.63, 3.8) is 0 Å². The number of aromatic nitrogens is 3. The molecule has 2 aromatic heterocycles. The average Bonchev–Trinajstić information content (AvgIpc) is 3.33. The van der Waals surface area contributed by atoms with Gasteiger partial charge in [0.2, 0.25) is 5.91 Å². The molecule has 0 aliphatic rings. The minimum absolute atomic E-state index is 0.112. The van der Waals surface area contributed by atoms with E-state index in [1.807, 2.05) is 55.5 Å². The molecule has 0 saturated heterocycles. The largest absolute Gasteiger partial charge is 0.459 e. The summed E-state index contributed by atoms with van der Waals surface area (Å²) < 4.78 is 7.61. The standard InChI is InChI=1S/C20H17ClN4O2S/c1-13(18-9-14-5-2-3-8-17(14)27-18)23-19(26)11-28-20-24-22-12-25(20)16-7-4-6-15(21)10-16/h2-10,12-13H,11H2,1H3,(H,23,26). The maximum Gasteiger partial charge on any atom is 0.231 e. The highest BCUT2D eigenvalue weighted by Crippen LogP contribution is 2.24. The van der Waals surface area contributed by atoms with Gasteiger partial charge in [-0.25, -0.2) is 0 Å². The molecule has 0 radical (unpaired) electrons. The molecule has 0 spiro atoms. The fourth-order valence-electron chi connectivity index (χ4n) is 2.83. The maximum absolute atomic E-state index is 12.4. The molecule has 1 unspecified atom stereocenters. The van der Waals surface area contributed by atoms with E-state index < -0.39 is 0 Å². The van der Waals surface area contributed by atoms with Gasteiger partial charge in [0, 0.05) is 10.4 Å². The summed E-state index contributed by atoms with van der Waals surface area (Å²) in [4.78, 5) is 12.4. The quantitative estimate of drug-likeness (QED) is 0.467. The third-order valence-electron chi connectivity index (χ3n) is 4.18. The van der Waals surface area contributed by atoms with Gasteiger partial charge in [0.1, 0.15) is 17.7 Å². The molecule has 1 amide bonds. The number of amides is 1. The van der Waals surface area contributed by atoms with Crippen LogP contribution in [0, 0.1) is 0 Å². The van der Waals surface area contributed by atoms with Crippen molar-refractivity contribution >= 4 is 40.2 Å². The number of para-hydroxylation sites is 1. The molecule has 8 heteroatoms. The van der Waals surface area contributed by atoms with Crippen LogP contribution in [-0.2, 0) is 4.79 Å². The lowest BCUT2D eigenvalue weighted by Gasteiger charge is -2.11. The highest BCUT2D eigenvalue weighted by molar-refractivity contribution is 7.99. The minimum Gasteiger partial charge on any atom is -0.459 e. The monoisotopic (exact) mass is 412 g/mol. The first-order valence-electron chi connectivity index (χ1n) is 8.67. The van der Waals surface area contributed by atoms with Crippen LogP contribution in [-0.4, -0.2) is 26.4 Å². The van der Waals surface area contributed by atoms with Gasteiger partial charge in [-0.1, -0.05) is 47.6 Å². The van der Waals surface area contributed by atoms with Crippen molar-refractivity contribution in [1.29, 1.82) is 0 Å². The summed E-state index contributed by atoms with van der Waals surface area (Å²) in [5.41, 5.74) is 1.65. The van der Waals surface area contributed by atoms with E-state index in [4.69, 9.17) is 16.0 Å². The van der Waals surface area contributed by atoms with Crippen LogP contribution in [0.5, 0.6) is 0 Å². The minimum atomic E-state index is -0.230. The summed E-state index contributed by atoms with van der Waals surface area (Å²) in [6.07, 6.45) is 1.60. The molecule has 142 valence electrons. The molecule has 28 heavy (non-hydrogen) atoms. The summed E-state index contributed by atoms with van der Waals surface area (Å²) in [7, 11) is 0. The zero-order chi connectivity index (χ0) is 19.5. The SMILES string of the molecule is CC(NC(=O)CSc1nncn1-c1cccc(Cl)c1)c1cc2ccccc2o1. The molecule has 0 aliphatic carbocycles. The van der Waals surface area contributed by atoms with Crippen LogP contribution < -0.4 is 5.32 Å². The number of nitrogens with zero attached hydrogens (tertiary/aromatic N) is 3. The Morgan fingerprint density at radius 3 is 2.93 bits per heavy atom. The Balaban J connectivity index is 1.39. The van der Waals surface area contributed by atoms with Crippen LogP contribution in [0.4, 0.5) is 0 Å². The second-order valence-corrected chi connectivity index (χ2v) is 7.61. The molecule has 2 aromatic carbocycles. The lowest BCUT2D eigenvalue weighted by atomic mass is 10.2. The van der Waals surface area contributed by atoms with Crippen LogP contribution in [0.15, 0.2) is 70.5 Å². The van der Waals surface area contributed by atoms with Crippen LogP contribution in [0.25, 0.3) is 16.7 Å². The molecule has 4 aromatic rings. The number of furan rings is 1. The molecule has 2 heterocycles. The summed E-state index contributed by atoms with van der Waals surface area (Å²) in [5, 5.41) is 13.3. The number of halogens is 1. The number of rotatable bonds is 6. The number of fused-ring (bicyclic) bond motifs is 1. The predicted molar refractivity (Wildman–Crippen MR) is 110 cm³/mol. The van der Waals surface area contributed by atoms with Crippen molar-refractivity contribution in [3.05, 3.63) is 71.7 Å². The Labute approximate surface area is 170 Å². The van der Waals surface area contributed by atoms with E-state index in [1.165, 1.54) is 11.8 Å². The van der Waals surface area contributed by atoms with Gasteiger partial charge in [0.05, 0.1) is 17.5 Å². The lowest BCUT2D eigenvalue weighted by Crippen LogP contribution is -2.28. The number of carbonyl (C=O) groups excluding carboxylic acids is 1. The van der Waals surface area contributed by atoms with E-state index >= 15 is 0 Å². The normalized spacial score (nSPS) is 12.2. The number of carbonyl (C=O) groups is 1. The molecule has 6 nitrogen and oxygen atoms in total. The summed E-state index contributed by atoms with van der Waals surface area (Å²) in [5.74, 6) is 0.823. The van der Waals surface area contributed by atoms with E-state index in [-0.39, 0.29) is 17.7 Å². The van der Waals surface area contributed by atoms with Crippen LogP contribution in [0.1, 0.15) is 18.7 Å². The number of benzene rings is 2. The molecule has 4 rings (SSSR count). The average molecular weight is 413 g/mol. The van der Waals surface area contributed by atoms with Crippen molar-refractivity contribution in [3.8, 4) is 5.69 Å². The van der Waals surface area contributed by atoms with Gasteiger partial charge < -0.3 is 9.73 Å². The van der Waals surface area contributed by atoms with Gasteiger partial charge in [-0.15, -0.1) is 10.2 Å². The van der Waals surface area contributed by atoms with E-state index in [2.05, 4.69) is 15.5 Å². The van der Waals surface area contributed by atoms with E-state index in [9.17, 15) is 4.79 Å². The Hall–Kier alpha value is -2.77. The number of nitrogens with one attached hydrogen (secondary N) is 1. The molecule has 0 aliphatic heterocycles. The Morgan fingerprint density at radius 1 is 1.25 bits per heavy atom. The summed E-state index contributed by atoms with van der Waals surface area (Å²) >= 11 is 7.36. The van der Waals surface area contributed by atoms with Crippen molar-refractivity contribution in [2.75, 3.05) is 5.75 Å². The first-order valence-corrected chi connectivity index (χ1v) is 10.0. The summed E-state index contributed by atoms with van der Waals surface area (Å²) in [6.45, 7) is 1.90. The fourth-order valence-corrected chi connectivity index (χ4v) is 3.75. The molecule has 1 atom stereocenters. The number of thioether (sulfide) groups is 1. The van der Waals surface area contributed by atoms with Gasteiger partial charge in [0.25, 0.3) is 0 Å². The molecule has 0 bridgehead atoms. The lowest BCUT2D eigenvalue weighted by molar-refractivity contribution is -0.119. The molecular formula is C20H17ClN4O2S. The van der Waals surface area contributed by atoms with Gasteiger partial charge in [-0.3, -0.25) is 9.36 Å². The van der Waals surface area contributed by atoms with E-state index in [1.54, 1.807) is 17.0 Å². The smallest absolute Gasteiger partial charge is 0.231 e. The highest BCUT2D eigenvalue weighted by atomic mass is 35.5. The predicted octanol–water partition coefficient (Wildman–Crippen LogP) is 4.64. The van der Waals surface area contributed by atoms with E-state index in [0.717, 1.165) is 22.4 Å². The van der Waals surface area contributed by atoms with Crippen LogP contribution >= 0.6 is 23.4 Å². The summed E-state index contributed by atoms with van der Waals surface area (Å²) in [6, 6.07) is 16.9.